The summed E-state index contributed by atoms with van der Waals surface area (Å²) in [4.78, 5) is 21.2. The smallest absolute Gasteiger partial charge is 0.257 e. The molecule has 3 rings (SSSR count). The number of aromatic nitrogens is 1. The maximum atomic E-state index is 12.8. The molecule has 126 valence electrons. The molecule has 1 saturated heterocycles. The van der Waals surface area contributed by atoms with E-state index in [0.717, 1.165) is 18.9 Å². The molecule has 2 aromatic rings. The van der Waals surface area contributed by atoms with E-state index in [1.54, 1.807) is 38.6 Å². The average molecular weight is 327 g/mol. The van der Waals surface area contributed by atoms with Crippen molar-refractivity contribution in [3.8, 4) is 11.5 Å². The number of hydrogen-bond donors (Lipinski definition) is 0. The Labute approximate surface area is 141 Å². The molecule has 1 aliphatic heterocycles. The molecule has 0 aliphatic carbocycles. The highest BCUT2D eigenvalue weighted by Crippen LogP contribution is 2.26. The Morgan fingerprint density at radius 1 is 1.04 bits per heavy atom. The summed E-state index contributed by atoms with van der Waals surface area (Å²) in [5.41, 5.74) is 0.560. The van der Waals surface area contributed by atoms with Gasteiger partial charge in [0.25, 0.3) is 5.91 Å². The van der Waals surface area contributed by atoms with Crippen molar-refractivity contribution < 1.29 is 14.3 Å². The van der Waals surface area contributed by atoms with Crippen molar-refractivity contribution in [2.45, 2.75) is 0 Å². The second kappa shape index (κ2) is 7.21. The minimum atomic E-state index is -0.0184. The molecule has 2 heterocycles. The van der Waals surface area contributed by atoms with Gasteiger partial charge < -0.3 is 19.3 Å². The van der Waals surface area contributed by atoms with Crippen LogP contribution in [0.1, 0.15) is 10.4 Å². The number of benzene rings is 1. The molecule has 1 aromatic heterocycles. The second-order valence-electron chi connectivity index (χ2n) is 5.53. The summed E-state index contributed by atoms with van der Waals surface area (Å²) in [5.74, 6) is 2.14. The number of pyridine rings is 1. The van der Waals surface area contributed by atoms with Gasteiger partial charge in [-0.15, -0.1) is 0 Å². The summed E-state index contributed by atoms with van der Waals surface area (Å²) in [5, 5.41) is 0. The highest BCUT2D eigenvalue weighted by atomic mass is 16.5. The fourth-order valence-corrected chi connectivity index (χ4v) is 2.82. The Morgan fingerprint density at radius 3 is 2.46 bits per heavy atom. The van der Waals surface area contributed by atoms with E-state index < -0.39 is 0 Å². The first-order chi connectivity index (χ1) is 11.7. The Kier molecular flexibility index (Phi) is 4.84. The zero-order valence-corrected chi connectivity index (χ0v) is 13.9. The number of ether oxygens (including phenoxy) is 2. The minimum absolute atomic E-state index is 0.0184. The predicted molar refractivity (Wildman–Crippen MR) is 91.9 cm³/mol. The molecule has 0 radical (unpaired) electrons. The third-order valence-electron chi connectivity index (χ3n) is 4.18. The third-order valence-corrected chi connectivity index (χ3v) is 4.18. The average Bonchev–Trinajstić information content (AvgIpc) is 2.67. The van der Waals surface area contributed by atoms with Crippen LogP contribution in [-0.4, -0.2) is 56.2 Å². The van der Waals surface area contributed by atoms with Crippen molar-refractivity contribution in [3.63, 3.8) is 0 Å². The van der Waals surface area contributed by atoms with Crippen LogP contribution in [0, 0.1) is 0 Å². The van der Waals surface area contributed by atoms with Crippen LogP contribution in [0.4, 0.5) is 5.82 Å². The summed E-state index contributed by atoms with van der Waals surface area (Å²) < 4.78 is 10.5. The number of methoxy groups -OCH3 is 2. The van der Waals surface area contributed by atoms with Gasteiger partial charge in [0.2, 0.25) is 0 Å². The summed E-state index contributed by atoms with van der Waals surface area (Å²) >= 11 is 0. The van der Waals surface area contributed by atoms with E-state index in [9.17, 15) is 4.79 Å². The molecule has 1 aromatic carbocycles. The van der Waals surface area contributed by atoms with Crippen LogP contribution in [0.5, 0.6) is 11.5 Å². The lowest BCUT2D eigenvalue weighted by molar-refractivity contribution is 0.0743. The van der Waals surface area contributed by atoms with E-state index in [2.05, 4.69) is 9.88 Å². The van der Waals surface area contributed by atoms with Gasteiger partial charge in [0.1, 0.15) is 17.3 Å². The second-order valence-corrected chi connectivity index (χ2v) is 5.53. The van der Waals surface area contributed by atoms with Crippen LogP contribution in [0.15, 0.2) is 42.6 Å². The lowest BCUT2D eigenvalue weighted by Gasteiger charge is -2.35. The SMILES string of the molecule is COc1ccc(C(=O)N2CCN(c3ccccn3)CC2)c(OC)c1. The molecule has 0 bridgehead atoms. The van der Waals surface area contributed by atoms with E-state index in [4.69, 9.17) is 9.47 Å². The number of carbonyl (C=O) groups excluding carboxylic acids is 1. The van der Waals surface area contributed by atoms with Crippen LogP contribution < -0.4 is 14.4 Å². The molecule has 0 saturated carbocycles. The van der Waals surface area contributed by atoms with Crippen LogP contribution in [0.25, 0.3) is 0 Å². The number of nitrogens with zero attached hydrogens (tertiary/aromatic N) is 3. The number of rotatable bonds is 4. The highest BCUT2D eigenvalue weighted by Gasteiger charge is 2.25. The molecule has 6 heteroatoms. The molecule has 0 N–H and O–H groups in total. The van der Waals surface area contributed by atoms with Gasteiger partial charge in [-0.25, -0.2) is 4.98 Å². The maximum Gasteiger partial charge on any atom is 0.257 e. The summed E-state index contributed by atoms with van der Waals surface area (Å²) in [7, 11) is 3.15. The topological polar surface area (TPSA) is 54.9 Å². The van der Waals surface area contributed by atoms with Crippen LogP contribution in [0.3, 0.4) is 0 Å². The Bertz CT molecular complexity index is 698. The zero-order valence-electron chi connectivity index (χ0n) is 13.9. The number of hydrogen-bond acceptors (Lipinski definition) is 5. The maximum absolute atomic E-state index is 12.8. The van der Waals surface area contributed by atoms with E-state index >= 15 is 0 Å². The van der Waals surface area contributed by atoms with Crippen LogP contribution in [0.2, 0.25) is 0 Å². The standard InChI is InChI=1S/C18H21N3O3/c1-23-14-6-7-15(16(13-14)24-2)18(22)21-11-9-20(10-12-21)17-5-3-4-8-19-17/h3-8,13H,9-12H2,1-2H3. The number of carbonyl (C=O) groups is 1. The first kappa shape index (κ1) is 16.1. The van der Waals surface area contributed by atoms with E-state index in [0.29, 0.717) is 30.2 Å². The van der Waals surface area contributed by atoms with Crippen molar-refractivity contribution in [2.75, 3.05) is 45.3 Å². The molecule has 1 fully saturated rings. The summed E-state index contributed by atoms with van der Waals surface area (Å²) in [6.45, 7) is 2.84. The fourth-order valence-electron chi connectivity index (χ4n) is 2.82. The van der Waals surface area contributed by atoms with Gasteiger partial charge in [-0.3, -0.25) is 4.79 Å². The summed E-state index contributed by atoms with van der Waals surface area (Å²) in [6, 6.07) is 11.1. The molecule has 0 atom stereocenters. The Hall–Kier alpha value is -2.76. The molecular formula is C18H21N3O3. The quantitative estimate of drug-likeness (QED) is 0.860. The number of amides is 1. The number of piperazine rings is 1. The first-order valence-corrected chi connectivity index (χ1v) is 7.90. The van der Waals surface area contributed by atoms with Crippen molar-refractivity contribution in [3.05, 3.63) is 48.2 Å². The van der Waals surface area contributed by atoms with Gasteiger partial charge in [0.15, 0.2) is 0 Å². The molecule has 1 amide bonds. The molecule has 1 aliphatic rings. The largest absolute Gasteiger partial charge is 0.497 e. The van der Waals surface area contributed by atoms with Gasteiger partial charge >= 0.3 is 0 Å². The van der Waals surface area contributed by atoms with Crippen LogP contribution >= 0.6 is 0 Å². The Balaban J connectivity index is 1.69. The molecule has 24 heavy (non-hydrogen) atoms. The number of anilines is 1. The van der Waals surface area contributed by atoms with E-state index in [-0.39, 0.29) is 5.91 Å². The lowest BCUT2D eigenvalue weighted by atomic mass is 10.1. The molecule has 0 spiro atoms. The molecular weight excluding hydrogens is 306 g/mol. The van der Waals surface area contributed by atoms with Gasteiger partial charge in [-0.1, -0.05) is 6.07 Å². The van der Waals surface area contributed by atoms with E-state index in [1.165, 1.54) is 0 Å². The molecule has 0 unspecified atom stereocenters. The fraction of sp³-hybridized carbons (Fsp3) is 0.333. The van der Waals surface area contributed by atoms with Gasteiger partial charge in [-0.05, 0) is 24.3 Å². The highest BCUT2D eigenvalue weighted by molar-refractivity contribution is 5.97. The van der Waals surface area contributed by atoms with Crippen molar-refractivity contribution >= 4 is 11.7 Å². The minimum Gasteiger partial charge on any atom is -0.497 e. The van der Waals surface area contributed by atoms with Gasteiger partial charge in [0, 0.05) is 38.4 Å². The van der Waals surface area contributed by atoms with Gasteiger partial charge in [-0.2, -0.15) is 0 Å². The van der Waals surface area contributed by atoms with Crippen molar-refractivity contribution in [2.24, 2.45) is 0 Å². The summed E-state index contributed by atoms with van der Waals surface area (Å²) in [6.07, 6.45) is 1.79. The van der Waals surface area contributed by atoms with Gasteiger partial charge in [0.05, 0.1) is 19.8 Å². The molecule has 6 nitrogen and oxygen atoms in total. The third kappa shape index (κ3) is 3.27. The van der Waals surface area contributed by atoms with E-state index in [1.807, 2.05) is 23.1 Å². The van der Waals surface area contributed by atoms with Crippen LogP contribution in [-0.2, 0) is 0 Å². The predicted octanol–water partition coefficient (Wildman–Crippen LogP) is 2.06. The van der Waals surface area contributed by atoms with Crippen molar-refractivity contribution in [1.29, 1.82) is 0 Å². The normalized spacial score (nSPS) is 14.4. The first-order valence-electron chi connectivity index (χ1n) is 7.90. The Morgan fingerprint density at radius 2 is 1.83 bits per heavy atom. The van der Waals surface area contributed by atoms with Crippen molar-refractivity contribution in [1.82, 2.24) is 9.88 Å². The zero-order chi connectivity index (χ0) is 16.9. The lowest BCUT2D eigenvalue weighted by Crippen LogP contribution is -2.49. The monoisotopic (exact) mass is 327 g/mol.